The van der Waals surface area contributed by atoms with Crippen LogP contribution >= 0.6 is 35.7 Å². The minimum Gasteiger partial charge on any atom is -0.469 e. The van der Waals surface area contributed by atoms with Crippen molar-refractivity contribution in [3.63, 3.8) is 0 Å². The molecule has 0 aromatic carbocycles. The highest BCUT2D eigenvalue weighted by Gasteiger charge is 2.09. The zero-order valence-corrected chi connectivity index (χ0v) is 21.0. The number of ether oxygens (including phenoxy) is 1. The minimum atomic E-state index is 0. The number of unbranched alkanes of at least 4 members (excludes halogenated alkanes) is 3. The highest BCUT2D eigenvalue weighted by Crippen LogP contribution is 2.04. The Labute approximate surface area is 198 Å². The van der Waals surface area contributed by atoms with E-state index in [1.54, 1.807) is 6.26 Å². The lowest BCUT2D eigenvalue weighted by atomic mass is 10.2. The largest absolute Gasteiger partial charge is 0.469 e. The summed E-state index contributed by atoms with van der Waals surface area (Å²) in [6.45, 7) is 7.58. The van der Waals surface area contributed by atoms with Crippen molar-refractivity contribution in [1.82, 2.24) is 15.5 Å². The van der Waals surface area contributed by atoms with Gasteiger partial charge in [0.15, 0.2) is 5.96 Å². The fraction of sp³-hybridized carbons (Fsp3) is 0.762. The number of rotatable bonds is 14. The van der Waals surface area contributed by atoms with Gasteiger partial charge in [-0.15, -0.1) is 24.0 Å². The van der Waals surface area contributed by atoms with Gasteiger partial charge in [-0.25, -0.2) is 0 Å². The molecule has 1 saturated heterocycles. The first-order valence-electron chi connectivity index (χ1n) is 10.7. The number of hydrogen-bond donors (Lipinski definition) is 2. The second-order valence-electron chi connectivity index (χ2n) is 7.13. The number of furan rings is 1. The second-order valence-corrected chi connectivity index (χ2v) is 8.11. The van der Waals surface area contributed by atoms with Gasteiger partial charge in [-0.2, -0.15) is 11.8 Å². The van der Waals surface area contributed by atoms with E-state index in [9.17, 15) is 0 Å². The van der Waals surface area contributed by atoms with E-state index < -0.39 is 0 Å². The molecule has 0 aliphatic carbocycles. The van der Waals surface area contributed by atoms with E-state index >= 15 is 0 Å². The zero-order chi connectivity index (χ0) is 19.7. The molecular formula is C21H39IN4O2S. The van der Waals surface area contributed by atoms with E-state index in [0.29, 0.717) is 0 Å². The minimum absolute atomic E-state index is 0. The number of thioether (sulfide) groups is 1. The first-order chi connectivity index (χ1) is 13.9. The van der Waals surface area contributed by atoms with Crippen LogP contribution in [-0.2, 0) is 11.2 Å². The van der Waals surface area contributed by atoms with Crippen LogP contribution in [0.15, 0.2) is 27.8 Å². The van der Waals surface area contributed by atoms with Gasteiger partial charge in [-0.1, -0.05) is 12.8 Å². The van der Waals surface area contributed by atoms with Gasteiger partial charge < -0.3 is 19.8 Å². The topological polar surface area (TPSA) is 62.0 Å². The highest BCUT2D eigenvalue weighted by atomic mass is 127. The molecule has 1 aliphatic rings. The van der Waals surface area contributed by atoms with Gasteiger partial charge in [0.2, 0.25) is 0 Å². The molecule has 1 fully saturated rings. The Balaban J connectivity index is 0.00000420. The number of morpholine rings is 1. The van der Waals surface area contributed by atoms with Gasteiger partial charge in [0.1, 0.15) is 5.76 Å². The molecule has 2 N–H and O–H groups in total. The van der Waals surface area contributed by atoms with Crippen LogP contribution in [0.1, 0.15) is 37.9 Å². The number of nitrogens with one attached hydrogen (secondary N) is 2. The van der Waals surface area contributed by atoms with Crippen molar-refractivity contribution in [1.29, 1.82) is 0 Å². The number of halogens is 1. The number of guanidine groups is 1. The van der Waals surface area contributed by atoms with Crippen molar-refractivity contribution >= 4 is 41.7 Å². The first-order valence-corrected chi connectivity index (χ1v) is 12.1. The Bertz CT molecular complexity index is 511. The summed E-state index contributed by atoms with van der Waals surface area (Å²) >= 11 is 1.94. The lowest BCUT2D eigenvalue weighted by Crippen LogP contribution is -2.39. The molecule has 0 spiro atoms. The molecule has 1 aliphatic heterocycles. The molecule has 0 unspecified atom stereocenters. The summed E-state index contributed by atoms with van der Waals surface area (Å²) in [5.41, 5.74) is 0. The van der Waals surface area contributed by atoms with E-state index in [1.165, 1.54) is 31.4 Å². The predicted octanol–water partition coefficient (Wildman–Crippen LogP) is 3.62. The summed E-state index contributed by atoms with van der Waals surface area (Å²) in [5, 5.41) is 6.95. The second kappa shape index (κ2) is 18.3. The van der Waals surface area contributed by atoms with Crippen molar-refractivity contribution in [2.24, 2.45) is 4.99 Å². The monoisotopic (exact) mass is 538 g/mol. The van der Waals surface area contributed by atoms with E-state index in [4.69, 9.17) is 14.1 Å². The Hall–Kier alpha value is -0.450. The average molecular weight is 539 g/mol. The highest BCUT2D eigenvalue weighted by molar-refractivity contribution is 14.0. The molecule has 29 heavy (non-hydrogen) atoms. The fourth-order valence-electron chi connectivity index (χ4n) is 3.17. The van der Waals surface area contributed by atoms with Gasteiger partial charge >= 0.3 is 0 Å². The molecule has 6 nitrogen and oxygen atoms in total. The molecule has 168 valence electrons. The number of aliphatic imine (C=N–C) groups is 1. The lowest BCUT2D eigenvalue weighted by molar-refractivity contribution is 0.0377. The van der Waals surface area contributed by atoms with Crippen molar-refractivity contribution < 1.29 is 9.15 Å². The SMILES string of the molecule is CSCCCCCCNC(=NCCCN1CCOCC1)NCCc1ccco1.I. The van der Waals surface area contributed by atoms with E-state index in [1.807, 2.05) is 23.9 Å². The third-order valence-electron chi connectivity index (χ3n) is 4.82. The molecule has 8 heteroatoms. The van der Waals surface area contributed by atoms with Crippen molar-refractivity contribution in [2.45, 2.75) is 38.5 Å². The van der Waals surface area contributed by atoms with Crippen LogP contribution in [0.25, 0.3) is 0 Å². The molecule has 0 bridgehead atoms. The van der Waals surface area contributed by atoms with Crippen LogP contribution in [0.4, 0.5) is 0 Å². The molecule has 0 atom stereocenters. The van der Waals surface area contributed by atoms with Crippen LogP contribution < -0.4 is 10.6 Å². The summed E-state index contributed by atoms with van der Waals surface area (Å²) in [7, 11) is 0. The molecule has 1 aromatic rings. The Morgan fingerprint density at radius 1 is 1.10 bits per heavy atom. The number of hydrogen-bond acceptors (Lipinski definition) is 5. The maximum atomic E-state index is 5.41. The van der Waals surface area contributed by atoms with E-state index in [-0.39, 0.29) is 24.0 Å². The third kappa shape index (κ3) is 13.5. The summed E-state index contributed by atoms with van der Waals surface area (Å²) in [5.74, 6) is 3.21. The van der Waals surface area contributed by atoms with Crippen molar-refractivity contribution in [3.8, 4) is 0 Å². The molecule has 0 amide bonds. The normalized spacial score (nSPS) is 15.1. The first kappa shape index (κ1) is 26.6. The van der Waals surface area contributed by atoms with Crippen LogP contribution in [0.2, 0.25) is 0 Å². The predicted molar refractivity (Wildman–Crippen MR) is 135 cm³/mol. The Morgan fingerprint density at radius 3 is 2.66 bits per heavy atom. The summed E-state index contributed by atoms with van der Waals surface area (Å²) in [4.78, 5) is 7.24. The molecule has 2 heterocycles. The fourth-order valence-corrected chi connectivity index (χ4v) is 3.67. The Kier molecular flexibility index (Phi) is 16.8. The van der Waals surface area contributed by atoms with Crippen LogP contribution in [0, 0.1) is 0 Å². The van der Waals surface area contributed by atoms with Crippen LogP contribution in [-0.4, -0.2) is 75.4 Å². The Morgan fingerprint density at radius 2 is 1.90 bits per heavy atom. The van der Waals surface area contributed by atoms with Gasteiger partial charge in [0, 0.05) is 45.7 Å². The molecular weight excluding hydrogens is 499 g/mol. The molecule has 0 saturated carbocycles. The molecule has 1 aromatic heterocycles. The van der Waals surface area contributed by atoms with E-state index in [2.05, 4.69) is 21.8 Å². The molecule has 2 rings (SSSR count). The summed E-state index contributed by atoms with van der Waals surface area (Å²) in [6, 6.07) is 3.95. The smallest absolute Gasteiger partial charge is 0.191 e. The average Bonchev–Trinajstić information content (AvgIpc) is 3.24. The summed E-state index contributed by atoms with van der Waals surface area (Å²) < 4.78 is 10.8. The third-order valence-corrected chi connectivity index (χ3v) is 5.51. The van der Waals surface area contributed by atoms with Crippen molar-refractivity contribution in [2.75, 3.05) is 64.5 Å². The summed E-state index contributed by atoms with van der Waals surface area (Å²) in [6.07, 6.45) is 11.0. The number of nitrogens with zero attached hydrogens (tertiary/aromatic N) is 2. The van der Waals surface area contributed by atoms with Gasteiger partial charge in [0.25, 0.3) is 0 Å². The van der Waals surface area contributed by atoms with E-state index in [0.717, 1.165) is 77.0 Å². The maximum absolute atomic E-state index is 5.41. The van der Waals surface area contributed by atoms with Crippen molar-refractivity contribution in [3.05, 3.63) is 24.2 Å². The maximum Gasteiger partial charge on any atom is 0.191 e. The van der Waals surface area contributed by atoms with Crippen LogP contribution in [0.3, 0.4) is 0 Å². The zero-order valence-electron chi connectivity index (χ0n) is 17.9. The van der Waals surface area contributed by atoms with Gasteiger partial charge in [-0.05, 0) is 43.4 Å². The van der Waals surface area contributed by atoms with Gasteiger partial charge in [-0.3, -0.25) is 9.89 Å². The van der Waals surface area contributed by atoms with Crippen LogP contribution in [0.5, 0.6) is 0 Å². The quantitative estimate of drug-likeness (QED) is 0.163. The standard InChI is InChI=1S/C21H38N4O2S.HI/c1-28-19-5-3-2-4-10-22-21(24-12-9-20-8-6-16-27-20)23-11-7-13-25-14-17-26-18-15-25;/h6,8,16H,2-5,7,9-15,17-19H2,1H3,(H2,22,23,24);1H. The van der Waals surface area contributed by atoms with Gasteiger partial charge in [0.05, 0.1) is 19.5 Å². The molecule has 0 radical (unpaired) electrons. The lowest BCUT2D eigenvalue weighted by Gasteiger charge is -2.26.